The normalized spacial score (nSPS) is 12.1. The summed E-state index contributed by atoms with van der Waals surface area (Å²) in [4.78, 5) is 11.3. The molecule has 0 spiro atoms. The molecule has 1 unspecified atom stereocenters. The van der Waals surface area contributed by atoms with Crippen molar-refractivity contribution in [2.75, 3.05) is 13.7 Å². The summed E-state index contributed by atoms with van der Waals surface area (Å²) in [6.07, 6.45) is 0. The van der Waals surface area contributed by atoms with E-state index in [4.69, 9.17) is 10.8 Å². The van der Waals surface area contributed by atoms with E-state index in [9.17, 15) is 9.90 Å². The van der Waals surface area contributed by atoms with Crippen LogP contribution in [0.25, 0.3) is 0 Å². The number of aromatic hydroxyl groups is 2. The summed E-state index contributed by atoms with van der Waals surface area (Å²) in [6.45, 7) is 0.0802. The Morgan fingerprint density at radius 2 is 2.13 bits per heavy atom. The van der Waals surface area contributed by atoms with Gasteiger partial charge in [-0.2, -0.15) is 0 Å². The van der Waals surface area contributed by atoms with Gasteiger partial charge in [-0.3, -0.25) is 4.79 Å². The number of hydrogen-bond donors (Lipinski definition) is 3. The van der Waals surface area contributed by atoms with E-state index in [0.29, 0.717) is 5.56 Å². The first kappa shape index (κ1) is 11.3. The molecule has 0 bridgehead atoms. The number of carbonyl (C=O) groups is 1. The van der Waals surface area contributed by atoms with Crippen molar-refractivity contribution in [3.8, 4) is 11.5 Å². The summed E-state index contributed by atoms with van der Waals surface area (Å²) in [5.41, 5.74) is 5.94. The third-order valence-corrected chi connectivity index (χ3v) is 2.12. The number of phenolic OH excluding ortho intramolecular Hbond substituents is 2. The quantitative estimate of drug-likeness (QED) is 0.494. The summed E-state index contributed by atoms with van der Waals surface area (Å²) in [7, 11) is 1.27. The van der Waals surface area contributed by atoms with Crippen LogP contribution in [-0.4, -0.2) is 29.8 Å². The topological polar surface area (TPSA) is 92.8 Å². The molecule has 0 saturated carbocycles. The van der Waals surface area contributed by atoms with Crippen molar-refractivity contribution >= 4 is 5.97 Å². The van der Waals surface area contributed by atoms with Gasteiger partial charge >= 0.3 is 5.97 Å². The van der Waals surface area contributed by atoms with Crippen LogP contribution in [0.5, 0.6) is 11.5 Å². The van der Waals surface area contributed by atoms with E-state index < -0.39 is 11.9 Å². The van der Waals surface area contributed by atoms with Crippen LogP contribution in [0, 0.1) is 0 Å². The second-order valence-corrected chi connectivity index (χ2v) is 3.06. The van der Waals surface area contributed by atoms with Gasteiger partial charge in [0.05, 0.1) is 13.0 Å². The Kier molecular flexibility index (Phi) is 3.51. The predicted molar refractivity (Wildman–Crippen MR) is 53.6 cm³/mol. The van der Waals surface area contributed by atoms with Crippen LogP contribution in [0.2, 0.25) is 0 Å². The first-order chi connectivity index (χ1) is 7.10. The molecule has 0 heterocycles. The first-order valence-electron chi connectivity index (χ1n) is 4.40. The van der Waals surface area contributed by atoms with Crippen LogP contribution >= 0.6 is 0 Å². The zero-order valence-corrected chi connectivity index (χ0v) is 8.30. The van der Waals surface area contributed by atoms with Gasteiger partial charge in [-0.15, -0.1) is 0 Å². The van der Waals surface area contributed by atoms with E-state index in [-0.39, 0.29) is 18.0 Å². The number of esters is 1. The average molecular weight is 211 g/mol. The van der Waals surface area contributed by atoms with E-state index >= 15 is 0 Å². The smallest absolute Gasteiger partial charge is 0.314 e. The van der Waals surface area contributed by atoms with Crippen molar-refractivity contribution < 1.29 is 19.7 Å². The van der Waals surface area contributed by atoms with Gasteiger partial charge in [0.2, 0.25) is 0 Å². The van der Waals surface area contributed by atoms with Crippen molar-refractivity contribution in [2.45, 2.75) is 5.92 Å². The number of rotatable bonds is 3. The van der Waals surface area contributed by atoms with Crippen molar-refractivity contribution in [1.82, 2.24) is 0 Å². The molecule has 1 atom stereocenters. The molecule has 0 amide bonds. The minimum absolute atomic E-state index is 0.0802. The highest BCUT2D eigenvalue weighted by Gasteiger charge is 2.20. The van der Waals surface area contributed by atoms with Gasteiger partial charge in [0.25, 0.3) is 0 Å². The number of methoxy groups -OCH3 is 1. The molecule has 82 valence electrons. The van der Waals surface area contributed by atoms with Crippen LogP contribution in [0.1, 0.15) is 11.5 Å². The molecule has 0 saturated heterocycles. The number of nitrogens with two attached hydrogens (primary N) is 1. The van der Waals surface area contributed by atoms with Gasteiger partial charge in [0.1, 0.15) is 0 Å². The maximum absolute atomic E-state index is 11.3. The van der Waals surface area contributed by atoms with Crippen LogP contribution in [0.3, 0.4) is 0 Å². The Morgan fingerprint density at radius 1 is 1.47 bits per heavy atom. The molecule has 0 fully saturated rings. The van der Waals surface area contributed by atoms with E-state index in [0.717, 1.165) is 0 Å². The molecule has 4 N–H and O–H groups in total. The fraction of sp³-hybridized carbons (Fsp3) is 0.300. The fourth-order valence-electron chi connectivity index (χ4n) is 1.27. The van der Waals surface area contributed by atoms with E-state index in [1.165, 1.54) is 25.3 Å². The molecule has 5 heteroatoms. The summed E-state index contributed by atoms with van der Waals surface area (Å²) >= 11 is 0. The second kappa shape index (κ2) is 4.65. The Morgan fingerprint density at radius 3 is 2.60 bits per heavy atom. The molecule has 15 heavy (non-hydrogen) atoms. The maximum Gasteiger partial charge on any atom is 0.314 e. The third kappa shape index (κ3) is 2.38. The monoisotopic (exact) mass is 211 g/mol. The van der Waals surface area contributed by atoms with Crippen molar-refractivity contribution in [3.63, 3.8) is 0 Å². The molecule has 0 aliphatic heterocycles. The lowest BCUT2D eigenvalue weighted by Crippen LogP contribution is -2.22. The standard InChI is InChI=1S/C10H13NO4/c1-15-10(14)7(5-11)6-2-3-8(12)9(13)4-6/h2-4,7,12-13H,5,11H2,1H3. The predicted octanol–water partition coefficient (Wildman–Crippen LogP) is 0.313. The van der Waals surface area contributed by atoms with E-state index in [1.807, 2.05) is 0 Å². The number of benzene rings is 1. The van der Waals surface area contributed by atoms with E-state index in [2.05, 4.69) is 4.74 Å². The van der Waals surface area contributed by atoms with Crippen LogP contribution in [0.15, 0.2) is 18.2 Å². The lowest BCUT2D eigenvalue weighted by molar-refractivity contribution is -0.142. The number of carbonyl (C=O) groups excluding carboxylic acids is 1. The number of phenols is 2. The Balaban J connectivity index is 3.02. The molecule has 0 aromatic heterocycles. The van der Waals surface area contributed by atoms with Gasteiger partial charge < -0.3 is 20.7 Å². The van der Waals surface area contributed by atoms with Gasteiger partial charge in [-0.25, -0.2) is 0 Å². The molecule has 1 rings (SSSR count). The maximum atomic E-state index is 11.3. The molecule has 1 aromatic rings. The van der Waals surface area contributed by atoms with Gasteiger partial charge in [0, 0.05) is 6.54 Å². The Labute approximate surface area is 87.1 Å². The summed E-state index contributed by atoms with van der Waals surface area (Å²) in [6, 6.07) is 4.11. The minimum atomic E-state index is -0.624. The SMILES string of the molecule is COC(=O)C(CN)c1ccc(O)c(O)c1. The third-order valence-electron chi connectivity index (χ3n) is 2.12. The molecular weight excluding hydrogens is 198 g/mol. The highest BCUT2D eigenvalue weighted by Crippen LogP contribution is 2.28. The zero-order chi connectivity index (χ0) is 11.4. The molecular formula is C10H13NO4. The van der Waals surface area contributed by atoms with E-state index in [1.54, 1.807) is 0 Å². The summed E-state index contributed by atoms with van der Waals surface area (Å²) in [5, 5.41) is 18.4. The van der Waals surface area contributed by atoms with Gasteiger partial charge in [-0.05, 0) is 17.7 Å². The largest absolute Gasteiger partial charge is 0.504 e. The lowest BCUT2D eigenvalue weighted by atomic mass is 9.99. The van der Waals surface area contributed by atoms with Crippen LogP contribution < -0.4 is 5.73 Å². The van der Waals surface area contributed by atoms with Gasteiger partial charge in [-0.1, -0.05) is 6.07 Å². The molecule has 0 radical (unpaired) electrons. The average Bonchev–Trinajstić information content (AvgIpc) is 2.24. The van der Waals surface area contributed by atoms with Crippen molar-refractivity contribution in [1.29, 1.82) is 0 Å². The highest BCUT2D eigenvalue weighted by atomic mass is 16.5. The molecule has 0 aliphatic carbocycles. The summed E-state index contributed by atoms with van der Waals surface area (Å²) < 4.78 is 4.56. The molecule has 5 nitrogen and oxygen atoms in total. The molecule has 1 aromatic carbocycles. The van der Waals surface area contributed by atoms with Crippen LogP contribution in [-0.2, 0) is 9.53 Å². The second-order valence-electron chi connectivity index (χ2n) is 3.06. The lowest BCUT2D eigenvalue weighted by Gasteiger charge is -2.12. The Bertz CT molecular complexity index is 364. The highest BCUT2D eigenvalue weighted by molar-refractivity contribution is 5.78. The minimum Gasteiger partial charge on any atom is -0.504 e. The zero-order valence-electron chi connectivity index (χ0n) is 8.30. The summed E-state index contributed by atoms with van der Waals surface area (Å²) in [5.74, 6) is -1.61. The molecule has 0 aliphatic rings. The van der Waals surface area contributed by atoms with Gasteiger partial charge in [0.15, 0.2) is 11.5 Å². The number of hydrogen-bond acceptors (Lipinski definition) is 5. The fourth-order valence-corrected chi connectivity index (χ4v) is 1.27. The van der Waals surface area contributed by atoms with Crippen LogP contribution in [0.4, 0.5) is 0 Å². The Hall–Kier alpha value is -1.75. The van der Waals surface area contributed by atoms with Crippen molar-refractivity contribution in [2.24, 2.45) is 5.73 Å². The van der Waals surface area contributed by atoms with Crippen molar-refractivity contribution in [3.05, 3.63) is 23.8 Å². The number of ether oxygens (including phenoxy) is 1. The first-order valence-corrected chi connectivity index (χ1v) is 4.40.